The van der Waals surface area contributed by atoms with Gasteiger partial charge in [-0.3, -0.25) is 4.68 Å². The van der Waals surface area contributed by atoms with Crippen molar-refractivity contribution in [2.75, 3.05) is 12.4 Å². The predicted molar refractivity (Wildman–Crippen MR) is 61.1 cm³/mol. The Bertz CT molecular complexity index is 452. The van der Waals surface area contributed by atoms with E-state index >= 15 is 0 Å². The first-order chi connectivity index (χ1) is 7.28. The summed E-state index contributed by atoms with van der Waals surface area (Å²) in [4.78, 5) is 5.51. The standard InChI is InChI=1S/C10H12N4S/c1-11-9-4-3-5-10(13-9)15-8-6-12-14(2)7-8/h3-7H,1-2H3,(H,11,13). The van der Waals surface area contributed by atoms with Crippen LogP contribution in [0.4, 0.5) is 5.82 Å². The Hall–Kier alpha value is -1.49. The number of aromatic nitrogens is 3. The Kier molecular flexibility index (Phi) is 2.91. The van der Waals surface area contributed by atoms with E-state index in [9.17, 15) is 0 Å². The van der Waals surface area contributed by atoms with Gasteiger partial charge in [0.05, 0.1) is 11.1 Å². The quantitative estimate of drug-likeness (QED) is 0.859. The molecule has 0 spiro atoms. The molecule has 0 unspecified atom stereocenters. The van der Waals surface area contributed by atoms with Crippen LogP contribution in [0.2, 0.25) is 0 Å². The van der Waals surface area contributed by atoms with Gasteiger partial charge < -0.3 is 5.32 Å². The highest BCUT2D eigenvalue weighted by Gasteiger charge is 2.01. The van der Waals surface area contributed by atoms with E-state index in [0.717, 1.165) is 15.7 Å². The van der Waals surface area contributed by atoms with E-state index < -0.39 is 0 Å². The summed E-state index contributed by atoms with van der Waals surface area (Å²) < 4.78 is 1.78. The summed E-state index contributed by atoms with van der Waals surface area (Å²) in [5, 5.41) is 8.09. The van der Waals surface area contributed by atoms with Crippen LogP contribution in [-0.4, -0.2) is 21.8 Å². The van der Waals surface area contributed by atoms with Gasteiger partial charge in [0.15, 0.2) is 0 Å². The SMILES string of the molecule is CNc1cccc(Sc2cnn(C)c2)n1. The Balaban J connectivity index is 2.16. The molecule has 78 valence electrons. The van der Waals surface area contributed by atoms with E-state index in [4.69, 9.17) is 0 Å². The normalized spacial score (nSPS) is 10.3. The van der Waals surface area contributed by atoms with Crippen molar-refractivity contribution in [2.45, 2.75) is 9.92 Å². The lowest BCUT2D eigenvalue weighted by Gasteiger charge is -2.01. The first-order valence-corrected chi connectivity index (χ1v) is 5.41. The maximum atomic E-state index is 4.41. The third-order valence-electron chi connectivity index (χ3n) is 1.88. The fourth-order valence-corrected chi connectivity index (χ4v) is 2.02. The van der Waals surface area contributed by atoms with Gasteiger partial charge in [-0.05, 0) is 12.1 Å². The lowest BCUT2D eigenvalue weighted by molar-refractivity contribution is 0.766. The molecule has 2 aromatic heterocycles. The maximum Gasteiger partial charge on any atom is 0.127 e. The fourth-order valence-electron chi connectivity index (χ4n) is 1.18. The Morgan fingerprint density at radius 1 is 1.40 bits per heavy atom. The van der Waals surface area contributed by atoms with Crippen molar-refractivity contribution in [3.05, 3.63) is 30.6 Å². The summed E-state index contributed by atoms with van der Waals surface area (Å²) in [5.41, 5.74) is 0. The maximum absolute atomic E-state index is 4.41. The molecular weight excluding hydrogens is 208 g/mol. The van der Waals surface area contributed by atoms with Crippen molar-refractivity contribution < 1.29 is 0 Å². The zero-order valence-corrected chi connectivity index (χ0v) is 9.45. The van der Waals surface area contributed by atoms with Gasteiger partial charge in [-0.25, -0.2) is 4.98 Å². The molecule has 15 heavy (non-hydrogen) atoms. The molecular formula is C10H12N4S. The lowest BCUT2D eigenvalue weighted by atomic mass is 10.5. The summed E-state index contributed by atoms with van der Waals surface area (Å²) >= 11 is 1.60. The first-order valence-electron chi connectivity index (χ1n) is 4.59. The van der Waals surface area contributed by atoms with Crippen molar-refractivity contribution in [2.24, 2.45) is 7.05 Å². The number of hydrogen-bond acceptors (Lipinski definition) is 4. The molecule has 0 aliphatic rings. The van der Waals surface area contributed by atoms with Crippen molar-refractivity contribution in [1.82, 2.24) is 14.8 Å². The minimum absolute atomic E-state index is 0.879. The van der Waals surface area contributed by atoms with Crippen LogP contribution in [0.3, 0.4) is 0 Å². The second-order valence-electron chi connectivity index (χ2n) is 3.06. The number of aryl methyl sites for hydroxylation is 1. The van der Waals surface area contributed by atoms with E-state index in [-0.39, 0.29) is 0 Å². The molecule has 2 aromatic rings. The second kappa shape index (κ2) is 4.35. The Morgan fingerprint density at radius 2 is 2.27 bits per heavy atom. The topological polar surface area (TPSA) is 42.7 Å². The third-order valence-corrected chi connectivity index (χ3v) is 2.77. The highest BCUT2D eigenvalue weighted by molar-refractivity contribution is 7.99. The smallest absolute Gasteiger partial charge is 0.127 e. The van der Waals surface area contributed by atoms with Gasteiger partial charge in [-0.1, -0.05) is 17.8 Å². The number of rotatable bonds is 3. The molecule has 0 amide bonds. The summed E-state index contributed by atoms with van der Waals surface area (Å²) in [7, 11) is 3.77. The van der Waals surface area contributed by atoms with Crippen molar-refractivity contribution in [3.63, 3.8) is 0 Å². The molecule has 0 aliphatic carbocycles. The van der Waals surface area contributed by atoms with Gasteiger partial charge in [-0.15, -0.1) is 0 Å². The van der Waals surface area contributed by atoms with Crippen LogP contribution in [0.5, 0.6) is 0 Å². The molecule has 2 rings (SSSR count). The fraction of sp³-hybridized carbons (Fsp3) is 0.200. The highest BCUT2D eigenvalue weighted by atomic mass is 32.2. The predicted octanol–water partition coefficient (Wildman–Crippen LogP) is 2.01. The Morgan fingerprint density at radius 3 is 2.93 bits per heavy atom. The molecule has 0 saturated heterocycles. The van der Waals surface area contributed by atoms with Crippen LogP contribution in [0.15, 0.2) is 40.5 Å². The van der Waals surface area contributed by atoms with E-state index in [0.29, 0.717) is 0 Å². The molecule has 1 N–H and O–H groups in total. The summed E-state index contributed by atoms with van der Waals surface area (Å²) in [6.45, 7) is 0. The molecule has 0 aromatic carbocycles. The van der Waals surface area contributed by atoms with Crippen molar-refractivity contribution in [3.8, 4) is 0 Å². The van der Waals surface area contributed by atoms with E-state index in [1.54, 1.807) is 16.4 Å². The number of nitrogens with zero attached hydrogens (tertiary/aromatic N) is 3. The molecule has 5 heteroatoms. The summed E-state index contributed by atoms with van der Waals surface area (Å²) in [6, 6.07) is 5.91. The number of nitrogens with one attached hydrogen (secondary N) is 1. The second-order valence-corrected chi connectivity index (χ2v) is 4.16. The average Bonchev–Trinajstić information content (AvgIpc) is 2.64. The zero-order chi connectivity index (χ0) is 10.7. The van der Waals surface area contributed by atoms with Crippen molar-refractivity contribution in [1.29, 1.82) is 0 Å². The largest absolute Gasteiger partial charge is 0.373 e. The van der Waals surface area contributed by atoms with Crippen LogP contribution in [0.25, 0.3) is 0 Å². The van der Waals surface area contributed by atoms with Gasteiger partial charge in [-0.2, -0.15) is 5.10 Å². The van der Waals surface area contributed by atoms with Crippen LogP contribution in [0, 0.1) is 0 Å². The minimum atomic E-state index is 0.879. The van der Waals surface area contributed by atoms with Crippen LogP contribution in [-0.2, 0) is 7.05 Å². The number of hydrogen-bond donors (Lipinski definition) is 1. The molecule has 0 fully saturated rings. The van der Waals surface area contributed by atoms with Crippen LogP contribution < -0.4 is 5.32 Å². The van der Waals surface area contributed by atoms with E-state index in [2.05, 4.69) is 15.4 Å². The van der Waals surface area contributed by atoms with Crippen LogP contribution in [0.1, 0.15) is 0 Å². The molecule has 0 saturated carbocycles. The van der Waals surface area contributed by atoms with Crippen LogP contribution >= 0.6 is 11.8 Å². The zero-order valence-electron chi connectivity index (χ0n) is 8.64. The lowest BCUT2D eigenvalue weighted by Crippen LogP contribution is -1.91. The van der Waals surface area contributed by atoms with E-state index in [1.807, 2.05) is 44.7 Å². The van der Waals surface area contributed by atoms with Gasteiger partial charge in [0, 0.05) is 20.3 Å². The summed E-state index contributed by atoms with van der Waals surface area (Å²) in [6.07, 6.45) is 3.80. The average molecular weight is 220 g/mol. The number of pyridine rings is 1. The molecule has 4 nitrogen and oxygen atoms in total. The van der Waals surface area contributed by atoms with Crippen molar-refractivity contribution >= 4 is 17.6 Å². The van der Waals surface area contributed by atoms with E-state index in [1.165, 1.54) is 0 Å². The van der Waals surface area contributed by atoms with Gasteiger partial charge in [0.1, 0.15) is 10.8 Å². The van der Waals surface area contributed by atoms with Gasteiger partial charge >= 0.3 is 0 Å². The monoisotopic (exact) mass is 220 g/mol. The van der Waals surface area contributed by atoms with Gasteiger partial charge in [0.25, 0.3) is 0 Å². The summed E-state index contributed by atoms with van der Waals surface area (Å²) in [5.74, 6) is 0.879. The minimum Gasteiger partial charge on any atom is -0.373 e. The first kappa shape index (κ1) is 10.0. The molecule has 0 bridgehead atoms. The highest BCUT2D eigenvalue weighted by Crippen LogP contribution is 2.25. The number of anilines is 1. The molecule has 0 atom stereocenters. The molecule has 0 radical (unpaired) electrons. The molecule has 0 aliphatic heterocycles. The molecule has 2 heterocycles. The Labute approximate surface area is 92.7 Å². The van der Waals surface area contributed by atoms with Gasteiger partial charge in [0.2, 0.25) is 0 Å². The third kappa shape index (κ3) is 2.50.